The van der Waals surface area contributed by atoms with E-state index in [1.54, 1.807) is 0 Å². The van der Waals surface area contributed by atoms with Crippen molar-refractivity contribution < 1.29 is 9.32 Å². The molecule has 1 N–H and O–H groups in total. The summed E-state index contributed by atoms with van der Waals surface area (Å²) >= 11 is 7.53. The summed E-state index contributed by atoms with van der Waals surface area (Å²) in [5.41, 5.74) is 2.38. The Hall–Kier alpha value is -2.61. The number of aromatic nitrogens is 2. The second-order valence-electron chi connectivity index (χ2n) is 8.83. The highest BCUT2D eigenvalue weighted by molar-refractivity contribution is 7.19. The highest BCUT2D eigenvalue weighted by Crippen LogP contribution is 2.31. The van der Waals surface area contributed by atoms with E-state index in [0.717, 1.165) is 47.4 Å². The van der Waals surface area contributed by atoms with Crippen LogP contribution in [0, 0.1) is 0 Å². The molecule has 1 saturated heterocycles. The van der Waals surface area contributed by atoms with Crippen LogP contribution in [0.15, 0.2) is 53.1 Å². The van der Waals surface area contributed by atoms with Gasteiger partial charge in [-0.15, -0.1) is 11.3 Å². The summed E-state index contributed by atoms with van der Waals surface area (Å²) < 4.78 is 8.35. The average Bonchev–Trinajstić information content (AvgIpc) is 3.53. The van der Waals surface area contributed by atoms with Crippen molar-refractivity contribution in [1.82, 2.24) is 19.9 Å². The lowest BCUT2D eigenvalue weighted by Crippen LogP contribution is -2.46. The zero-order chi connectivity index (χ0) is 22.9. The van der Waals surface area contributed by atoms with Gasteiger partial charge in [0.2, 0.25) is 0 Å². The minimum atomic E-state index is -0.0426. The summed E-state index contributed by atoms with van der Waals surface area (Å²) in [5, 5.41) is 8.51. The van der Waals surface area contributed by atoms with Crippen molar-refractivity contribution >= 4 is 39.7 Å². The van der Waals surface area contributed by atoms with E-state index in [-0.39, 0.29) is 11.9 Å². The molecule has 1 aliphatic heterocycles. The molecule has 1 aromatic carbocycles. The molecule has 172 valence electrons. The molecule has 0 unspecified atom stereocenters. The van der Waals surface area contributed by atoms with Crippen LogP contribution in [0.4, 0.5) is 0 Å². The van der Waals surface area contributed by atoms with Crippen LogP contribution >= 0.6 is 22.9 Å². The first-order valence-corrected chi connectivity index (χ1v) is 12.5. The molecule has 1 amide bonds. The van der Waals surface area contributed by atoms with E-state index in [0.29, 0.717) is 28.4 Å². The number of piperidine rings is 1. The zero-order valence-corrected chi connectivity index (χ0v) is 20.3. The molecular formula is C25H27ClN4O2S. The molecule has 4 aromatic rings. The highest BCUT2D eigenvalue weighted by atomic mass is 35.5. The normalized spacial score (nSPS) is 15.5. The molecule has 5 rings (SSSR count). The van der Waals surface area contributed by atoms with Gasteiger partial charge in [0.15, 0.2) is 5.76 Å². The average molecular weight is 483 g/mol. The van der Waals surface area contributed by atoms with Gasteiger partial charge in [-0.25, -0.2) is 0 Å². The minimum absolute atomic E-state index is 0.0426. The van der Waals surface area contributed by atoms with E-state index in [1.165, 1.54) is 11.3 Å². The number of rotatable bonds is 6. The summed E-state index contributed by atoms with van der Waals surface area (Å²) in [6, 6.07) is 16.4. The molecule has 0 aliphatic carbocycles. The lowest BCUT2D eigenvalue weighted by molar-refractivity contribution is 0.0892. The van der Waals surface area contributed by atoms with E-state index in [1.807, 2.05) is 53.1 Å². The van der Waals surface area contributed by atoms with E-state index in [9.17, 15) is 4.79 Å². The maximum atomic E-state index is 13.3. The minimum Gasteiger partial charge on any atom is -0.359 e. The number of likely N-dealkylation sites (tertiary alicyclic amines) is 1. The Morgan fingerprint density at radius 2 is 2.00 bits per heavy atom. The SMILES string of the molecule is CC(C)N1CCC(NC(=O)c2cc3ccccc3n2Cc2cc(-c3ccc(Cl)s3)no2)CC1. The van der Waals surface area contributed by atoms with Gasteiger partial charge in [0.05, 0.1) is 15.8 Å². The molecule has 0 radical (unpaired) electrons. The predicted molar refractivity (Wildman–Crippen MR) is 133 cm³/mol. The van der Waals surface area contributed by atoms with Crippen LogP contribution in [0.25, 0.3) is 21.5 Å². The Morgan fingerprint density at radius 1 is 1.21 bits per heavy atom. The molecule has 1 aliphatic rings. The molecular weight excluding hydrogens is 456 g/mol. The Labute approximate surface area is 202 Å². The summed E-state index contributed by atoms with van der Waals surface area (Å²) in [6.07, 6.45) is 1.94. The van der Waals surface area contributed by atoms with Crippen LogP contribution in [0.2, 0.25) is 4.34 Å². The zero-order valence-electron chi connectivity index (χ0n) is 18.8. The van der Waals surface area contributed by atoms with Crippen molar-refractivity contribution in [3.8, 4) is 10.6 Å². The van der Waals surface area contributed by atoms with Crippen LogP contribution < -0.4 is 5.32 Å². The topological polar surface area (TPSA) is 63.3 Å². The van der Waals surface area contributed by atoms with Crippen molar-refractivity contribution in [3.63, 3.8) is 0 Å². The molecule has 0 bridgehead atoms. The molecule has 0 spiro atoms. The molecule has 3 aromatic heterocycles. The third-order valence-corrected chi connectivity index (χ3v) is 7.59. The second-order valence-corrected chi connectivity index (χ2v) is 10.5. The number of amides is 1. The second kappa shape index (κ2) is 9.33. The number of nitrogens with one attached hydrogen (secondary N) is 1. The van der Waals surface area contributed by atoms with Crippen molar-refractivity contribution in [2.24, 2.45) is 0 Å². The van der Waals surface area contributed by atoms with Gasteiger partial charge in [0.25, 0.3) is 5.91 Å². The third-order valence-electron chi connectivity index (χ3n) is 6.34. The summed E-state index contributed by atoms with van der Waals surface area (Å²) in [5.74, 6) is 0.647. The van der Waals surface area contributed by atoms with Gasteiger partial charge in [-0.05, 0) is 51.0 Å². The van der Waals surface area contributed by atoms with E-state index in [4.69, 9.17) is 16.1 Å². The number of carbonyl (C=O) groups excluding carboxylic acids is 1. The van der Waals surface area contributed by atoms with Crippen LogP contribution in [0.5, 0.6) is 0 Å². The van der Waals surface area contributed by atoms with Gasteiger partial charge < -0.3 is 19.3 Å². The molecule has 0 saturated carbocycles. The van der Waals surface area contributed by atoms with Crippen LogP contribution in [-0.4, -0.2) is 45.7 Å². The maximum Gasteiger partial charge on any atom is 0.268 e. The first-order chi connectivity index (χ1) is 16.0. The fourth-order valence-electron chi connectivity index (χ4n) is 4.50. The van der Waals surface area contributed by atoms with Gasteiger partial charge in [0, 0.05) is 42.1 Å². The van der Waals surface area contributed by atoms with Crippen molar-refractivity contribution in [2.45, 2.75) is 45.3 Å². The van der Waals surface area contributed by atoms with E-state index >= 15 is 0 Å². The van der Waals surface area contributed by atoms with Crippen LogP contribution in [0.1, 0.15) is 42.9 Å². The summed E-state index contributed by atoms with van der Waals surface area (Å²) in [6.45, 7) is 6.89. The number of nitrogens with zero attached hydrogens (tertiary/aromatic N) is 3. The van der Waals surface area contributed by atoms with E-state index in [2.05, 4.69) is 29.2 Å². The number of thiophene rings is 1. The fraction of sp³-hybridized carbons (Fsp3) is 0.360. The number of hydrogen-bond donors (Lipinski definition) is 1. The Bertz CT molecular complexity index is 1270. The van der Waals surface area contributed by atoms with Crippen LogP contribution in [-0.2, 0) is 6.54 Å². The van der Waals surface area contributed by atoms with Gasteiger partial charge >= 0.3 is 0 Å². The third kappa shape index (κ3) is 4.71. The predicted octanol–water partition coefficient (Wildman–Crippen LogP) is 5.66. The number of para-hydroxylation sites is 1. The smallest absolute Gasteiger partial charge is 0.268 e. The quantitative estimate of drug-likeness (QED) is 0.385. The highest BCUT2D eigenvalue weighted by Gasteiger charge is 2.24. The Balaban J connectivity index is 1.38. The van der Waals surface area contributed by atoms with Crippen molar-refractivity contribution in [3.05, 3.63) is 64.3 Å². The van der Waals surface area contributed by atoms with Gasteiger partial charge in [-0.1, -0.05) is 35.0 Å². The number of fused-ring (bicyclic) bond motifs is 1. The molecule has 1 fully saturated rings. The number of hydrogen-bond acceptors (Lipinski definition) is 5. The van der Waals surface area contributed by atoms with Crippen molar-refractivity contribution in [2.75, 3.05) is 13.1 Å². The summed E-state index contributed by atoms with van der Waals surface area (Å²) in [7, 11) is 0. The molecule has 6 nitrogen and oxygen atoms in total. The van der Waals surface area contributed by atoms with E-state index < -0.39 is 0 Å². The van der Waals surface area contributed by atoms with Crippen molar-refractivity contribution in [1.29, 1.82) is 0 Å². The first kappa shape index (κ1) is 22.2. The lowest BCUT2D eigenvalue weighted by Gasteiger charge is -2.34. The molecule has 0 atom stereocenters. The van der Waals surface area contributed by atoms with Gasteiger partial charge in [0.1, 0.15) is 11.4 Å². The number of halogens is 1. The standard InChI is InChI=1S/C25H27ClN4O2S/c1-16(2)29-11-9-18(10-12-29)27-25(31)22-13-17-5-3-4-6-21(17)30(22)15-19-14-20(28-32-19)23-7-8-24(26)33-23/h3-8,13-14,16,18H,9-12,15H2,1-2H3,(H,27,31). The number of carbonyl (C=O) groups is 1. The largest absolute Gasteiger partial charge is 0.359 e. The van der Waals surface area contributed by atoms with Crippen LogP contribution in [0.3, 0.4) is 0 Å². The lowest BCUT2D eigenvalue weighted by atomic mass is 10.0. The number of benzene rings is 1. The molecule has 8 heteroatoms. The monoisotopic (exact) mass is 482 g/mol. The fourth-order valence-corrected chi connectivity index (χ4v) is 5.50. The molecule has 33 heavy (non-hydrogen) atoms. The molecule has 4 heterocycles. The first-order valence-electron chi connectivity index (χ1n) is 11.3. The van der Waals surface area contributed by atoms with Gasteiger partial charge in [-0.2, -0.15) is 0 Å². The maximum absolute atomic E-state index is 13.3. The Kier molecular flexibility index (Phi) is 6.27. The summed E-state index contributed by atoms with van der Waals surface area (Å²) in [4.78, 5) is 16.8. The Morgan fingerprint density at radius 3 is 2.73 bits per heavy atom. The van der Waals surface area contributed by atoms with Gasteiger partial charge in [-0.3, -0.25) is 4.79 Å².